The molecule has 92 valence electrons. The number of pyridine rings is 1. The van der Waals surface area contributed by atoms with Crippen LogP contribution in [0.1, 0.15) is 34.9 Å². The molecule has 1 aliphatic rings. The first-order valence-electron chi connectivity index (χ1n) is 5.60. The van der Waals surface area contributed by atoms with Crippen molar-refractivity contribution in [3.63, 3.8) is 0 Å². The van der Waals surface area contributed by atoms with Crippen molar-refractivity contribution in [3.05, 3.63) is 40.3 Å². The quantitative estimate of drug-likeness (QED) is 0.946. The minimum Gasteiger partial charge on any atom is -0.476 e. The molecule has 1 aliphatic carbocycles. The van der Waals surface area contributed by atoms with Gasteiger partial charge in [0.25, 0.3) is 0 Å². The van der Waals surface area contributed by atoms with Gasteiger partial charge in [-0.25, -0.2) is 14.5 Å². The molecule has 0 aromatic carbocycles. The molecule has 3 rings (SSSR count). The van der Waals surface area contributed by atoms with E-state index in [1.54, 1.807) is 16.9 Å². The number of carbonyl (C=O) groups is 1. The van der Waals surface area contributed by atoms with Gasteiger partial charge in [0.05, 0.1) is 5.69 Å². The summed E-state index contributed by atoms with van der Waals surface area (Å²) >= 11 is 3.32. The highest BCUT2D eigenvalue weighted by atomic mass is 79.9. The Bertz CT molecular complexity index is 602. The summed E-state index contributed by atoms with van der Waals surface area (Å²) in [5.74, 6) is 0.0522. The summed E-state index contributed by atoms with van der Waals surface area (Å²) in [6.45, 7) is 0. The highest BCUT2D eigenvalue weighted by Crippen LogP contribution is 2.40. The summed E-state index contributed by atoms with van der Waals surface area (Å²) in [6, 6.07) is 5.32. The molecule has 2 aromatic rings. The van der Waals surface area contributed by atoms with Crippen LogP contribution in [0.2, 0.25) is 0 Å². The van der Waals surface area contributed by atoms with E-state index in [2.05, 4.69) is 26.0 Å². The normalized spacial score (nSPS) is 14.7. The van der Waals surface area contributed by atoms with Crippen LogP contribution >= 0.6 is 15.9 Å². The molecule has 1 fully saturated rings. The van der Waals surface area contributed by atoms with Crippen molar-refractivity contribution in [2.45, 2.75) is 18.8 Å². The van der Waals surface area contributed by atoms with Crippen molar-refractivity contribution in [1.82, 2.24) is 14.8 Å². The second-order valence-electron chi connectivity index (χ2n) is 4.28. The lowest BCUT2D eigenvalue weighted by molar-refractivity contribution is 0.0690. The Morgan fingerprint density at radius 3 is 2.78 bits per heavy atom. The number of carboxylic acids is 1. The van der Waals surface area contributed by atoms with E-state index in [4.69, 9.17) is 5.11 Å². The van der Waals surface area contributed by atoms with Crippen LogP contribution in [0.5, 0.6) is 0 Å². The van der Waals surface area contributed by atoms with E-state index in [9.17, 15) is 4.79 Å². The van der Waals surface area contributed by atoms with Crippen LogP contribution in [-0.4, -0.2) is 25.8 Å². The minimum atomic E-state index is -1.01. The number of rotatable bonds is 3. The molecule has 6 heteroatoms. The van der Waals surface area contributed by atoms with Gasteiger partial charge in [-0.3, -0.25) is 0 Å². The summed E-state index contributed by atoms with van der Waals surface area (Å²) in [5, 5.41) is 13.1. The maximum atomic E-state index is 11.0. The third kappa shape index (κ3) is 2.03. The minimum absolute atomic E-state index is 0.0709. The molecule has 2 aromatic heterocycles. The van der Waals surface area contributed by atoms with E-state index in [1.165, 1.54) is 0 Å². The lowest BCUT2D eigenvalue weighted by Gasteiger charge is -2.04. The lowest BCUT2D eigenvalue weighted by atomic mass is 10.2. The predicted octanol–water partition coefficient (Wildman–Crippen LogP) is 2.61. The van der Waals surface area contributed by atoms with Crippen molar-refractivity contribution in [2.75, 3.05) is 0 Å². The van der Waals surface area contributed by atoms with E-state index in [1.807, 2.05) is 12.1 Å². The molecule has 0 atom stereocenters. The van der Waals surface area contributed by atoms with Crippen LogP contribution in [0, 0.1) is 0 Å². The maximum absolute atomic E-state index is 11.0. The van der Waals surface area contributed by atoms with Gasteiger partial charge >= 0.3 is 5.97 Å². The monoisotopic (exact) mass is 307 g/mol. The molecule has 1 saturated carbocycles. The number of carboxylic acid groups (broad SMARTS) is 1. The molecule has 5 nitrogen and oxygen atoms in total. The Balaban J connectivity index is 2.09. The van der Waals surface area contributed by atoms with Crippen molar-refractivity contribution >= 4 is 21.9 Å². The summed E-state index contributed by atoms with van der Waals surface area (Å²) < 4.78 is 2.51. The van der Waals surface area contributed by atoms with Gasteiger partial charge in [-0.15, -0.1) is 0 Å². The Morgan fingerprint density at radius 1 is 1.44 bits per heavy atom. The van der Waals surface area contributed by atoms with Gasteiger partial charge in [-0.05, 0) is 47.0 Å². The molecule has 18 heavy (non-hydrogen) atoms. The number of halogens is 1. The Kier molecular flexibility index (Phi) is 2.66. The second-order valence-corrected chi connectivity index (χ2v) is 5.20. The molecule has 0 spiro atoms. The number of hydrogen-bond acceptors (Lipinski definition) is 3. The molecule has 2 heterocycles. The number of hydrogen-bond donors (Lipinski definition) is 1. The van der Waals surface area contributed by atoms with Crippen LogP contribution in [0.3, 0.4) is 0 Å². The number of aromatic carboxylic acids is 1. The molecular weight excluding hydrogens is 298 g/mol. The fourth-order valence-corrected chi connectivity index (χ4v) is 2.08. The summed E-state index contributed by atoms with van der Waals surface area (Å²) in [5.41, 5.74) is 1.00. The van der Waals surface area contributed by atoms with Gasteiger partial charge in [-0.1, -0.05) is 0 Å². The summed E-state index contributed by atoms with van der Waals surface area (Å²) in [4.78, 5) is 15.2. The Morgan fingerprint density at radius 2 is 2.22 bits per heavy atom. The molecule has 0 bridgehead atoms. The van der Waals surface area contributed by atoms with Crippen molar-refractivity contribution in [3.8, 4) is 5.82 Å². The Labute approximate surface area is 112 Å². The summed E-state index contributed by atoms with van der Waals surface area (Å²) in [7, 11) is 0. The maximum Gasteiger partial charge on any atom is 0.356 e. The number of aromatic nitrogens is 3. The van der Waals surface area contributed by atoms with E-state index < -0.39 is 5.97 Å². The largest absolute Gasteiger partial charge is 0.476 e. The van der Waals surface area contributed by atoms with E-state index in [-0.39, 0.29) is 5.69 Å². The zero-order valence-electron chi connectivity index (χ0n) is 9.38. The second kappa shape index (κ2) is 4.20. The highest BCUT2D eigenvalue weighted by Gasteiger charge is 2.30. The molecule has 0 radical (unpaired) electrons. The third-order valence-corrected chi connectivity index (χ3v) is 3.35. The van der Waals surface area contributed by atoms with E-state index in [0.717, 1.165) is 23.0 Å². The predicted molar refractivity (Wildman–Crippen MR) is 68.0 cm³/mol. The van der Waals surface area contributed by atoms with Gasteiger partial charge in [0.15, 0.2) is 11.5 Å². The third-order valence-electron chi connectivity index (χ3n) is 2.88. The van der Waals surface area contributed by atoms with Gasteiger partial charge in [0.1, 0.15) is 0 Å². The highest BCUT2D eigenvalue weighted by molar-refractivity contribution is 9.10. The lowest BCUT2D eigenvalue weighted by Crippen LogP contribution is -2.05. The van der Waals surface area contributed by atoms with Gasteiger partial charge in [0.2, 0.25) is 0 Å². The molecule has 0 saturated heterocycles. The zero-order valence-corrected chi connectivity index (χ0v) is 11.0. The van der Waals surface area contributed by atoms with Crippen LogP contribution in [-0.2, 0) is 0 Å². The fraction of sp³-hybridized carbons (Fsp3) is 0.250. The van der Waals surface area contributed by atoms with Crippen molar-refractivity contribution in [1.29, 1.82) is 0 Å². The van der Waals surface area contributed by atoms with Gasteiger partial charge < -0.3 is 5.11 Å². The van der Waals surface area contributed by atoms with Crippen LogP contribution < -0.4 is 0 Å². The average Bonchev–Trinajstić information content (AvgIpc) is 3.09. The van der Waals surface area contributed by atoms with Crippen LogP contribution in [0.15, 0.2) is 28.9 Å². The number of nitrogens with zero attached hydrogens (tertiary/aromatic N) is 3. The first-order chi connectivity index (χ1) is 8.65. The average molecular weight is 308 g/mol. The zero-order chi connectivity index (χ0) is 12.7. The summed E-state index contributed by atoms with van der Waals surface area (Å²) in [6.07, 6.45) is 3.84. The van der Waals surface area contributed by atoms with Gasteiger partial charge in [0, 0.05) is 16.6 Å². The molecule has 0 amide bonds. The molecule has 0 unspecified atom stereocenters. The van der Waals surface area contributed by atoms with Gasteiger partial charge in [-0.2, -0.15) is 5.10 Å². The van der Waals surface area contributed by atoms with Crippen LogP contribution in [0.4, 0.5) is 0 Å². The molecule has 1 N–H and O–H groups in total. The first-order valence-corrected chi connectivity index (χ1v) is 6.39. The SMILES string of the molecule is O=C(O)c1cc(C2CC2)n(-c2ccc(Br)cn2)n1. The molecular formula is C12H10BrN3O2. The fourth-order valence-electron chi connectivity index (χ4n) is 1.85. The smallest absolute Gasteiger partial charge is 0.356 e. The van der Waals surface area contributed by atoms with E-state index >= 15 is 0 Å². The van der Waals surface area contributed by atoms with E-state index in [0.29, 0.717) is 11.7 Å². The Hall–Kier alpha value is -1.69. The van der Waals surface area contributed by atoms with Crippen molar-refractivity contribution < 1.29 is 9.90 Å². The first kappa shape index (κ1) is 11.4. The topological polar surface area (TPSA) is 68.0 Å². The van der Waals surface area contributed by atoms with Crippen LogP contribution in [0.25, 0.3) is 5.82 Å². The van der Waals surface area contributed by atoms with Crippen molar-refractivity contribution in [2.24, 2.45) is 0 Å². The standard InChI is InChI=1S/C12H10BrN3O2/c13-8-3-4-11(14-6-8)16-10(7-1-2-7)5-9(15-16)12(17)18/h3-7H,1-2H2,(H,17,18). The molecule has 0 aliphatic heterocycles.